The van der Waals surface area contributed by atoms with Crippen molar-refractivity contribution in [2.45, 2.75) is 45.8 Å². The van der Waals surface area contributed by atoms with E-state index in [2.05, 4.69) is 27.9 Å². The van der Waals surface area contributed by atoms with E-state index in [9.17, 15) is 14.4 Å². The van der Waals surface area contributed by atoms with Gasteiger partial charge in [-0.2, -0.15) is 0 Å². The van der Waals surface area contributed by atoms with Crippen molar-refractivity contribution in [2.75, 3.05) is 0 Å². The number of benzene rings is 3. The number of amides is 1. The molecule has 3 aromatic rings. The number of para-hydroxylation sites is 1. The van der Waals surface area contributed by atoms with Crippen LogP contribution in [-0.4, -0.2) is 29.6 Å². The summed E-state index contributed by atoms with van der Waals surface area (Å²) in [5, 5.41) is 2.76. The Morgan fingerprint density at radius 1 is 0.824 bits per heavy atom. The highest BCUT2D eigenvalue weighted by molar-refractivity contribution is 14.1. The van der Waals surface area contributed by atoms with E-state index in [0.29, 0.717) is 5.75 Å². The predicted octanol–water partition coefficient (Wildman–Crippen LogP) is 5.11. The van der Waals surface area contributed by atoms with Gasteiger partial charge in [0, 0.05) is 16.4 Å². The molecule has 0 aliphatic heterocycles. The molecule has 0 saturated heterocycles. The first-order valence-corrected chi connectivity index (χ1v) is 12.2. The van der Waals surface area contributed by atoms with E-state index in [1.807, 2.05) is 55.5 Å². The highest BCUT2D eigenvalue weighted by Crippen LogP contribution is 2.20. The van der Waals surface area contributed by atoms with Crippen molar-refractivity contribution in [1.29, 1.82) is 0 Å². The maximum absolute atomic E-state index is 12.9. The highest BCUT2D eigenvalue weighted by Gasteiger charge is 2.22. The second-order valence-corrected chi connectivity index (χ2v) is 9.60. The topological polar surface area (TPSA) is 72.5 Å². The zero-order valence-electron chi connectivity index (χ0n) is 19.5. The molecular formula is C28H28INO4. The number of hydrogen-bond donors (Lipinski definition) is 1. The number of carbonyl (C=O) groups excluding carboxylic acids is 3. The van der Waals surface area contributed by atoms with Gasteiger partial charge in [0.1, 0.15) is 5.75 Å². The molecule has 0 unspecified atom stereocenters. The van der Waals surface area contributed by atoms with E-state index in [4.69, 9.17) is 4.74 Å². The van der Waals surface area contributed by atoms with Crippen LogP contribution in [0.15, 0.2) is 72.8 Å². The van der Waals surface area contributed by atoms with Crippen molar-refractivity contribution < 1.29 is 19.1 Å². The minimum absolute atomic E-state index is 0.0851. The third-order valence-electron chi connectivity index (χ3n) is 5.51. The lowest BCUT2D eigenvalue weighted by molar-refractivity contribution is -0.124. The number of ether oxygens (including phenoxy) is 1. The first-order valence-electron chi connectivity index (χ1n) is 11.1. The first-order chi connectivity index (χ1) is 16.2. The van der Waals surface area contributed by atoms with Crippen LogP contribution in [0.2, 0.25) is 0 Å². The van der Waals surface area contributed by atoms with Crippen LogP contribution in [0.1, 0.15) is 40.9 Å². The molecule has 176 valence electrons. The standard InChI is InChI=1S/C28H28INO4/c1-18-8-10-21(11-9-18)16-25(31)19(2)30-28(33)24-6-4-5-7-27(24)34-20(3)26(32)17-22-12-14-23(29)15-13-22/h4-15,19-20H,16-17H2,1-3H3,(H,30,33)/t19-,20+/m1/s1. The number of hydrogen-bond acceptors (Lipinski definition) is 4. The fraction of sp³-hybridized carbons (Fsp3) is 0.250. The van der Waals surface area contributed by atoms with Gasteiger partial charge in [-0.1, -0.05) is 54.1 Å². The molecule has 34 heavy (non-hydrogen) atoms. The van der Waals surface area contributed by atoms with Gasteiger partial charge in [-0.25, -0.2) is 0 Å². The second kappa shape index (κ2) is 11.9. The summed E-state index contributed by atoms with van der Waals surface area (Å²) in [6, 6.07) is 21.6. The maximum Gasteiger partial charge on any atom is 0.255 e. The molecule has 0 fully saturated rings. The first kappa shape index (κ1) is 25.6. The SMILES string of the molecule is Cc1ccc(CC(=O)[C@@H](C)NC(=O)c2ccccc2O[C@@H](C)C(=O)Cc2ccc(I)cc2)cc1. The molecule has 0 aliphatic rings. The molecule has 6 heteroatoms. The van der Waals surface area contributed by atoms with Crippen LogP contribution >= 0.6 is 22.6 Å². The van der Waals surface area contributed by atoms with E-state index < -0.39 is 18.1 Å². The third kappa shape index (κ3) is 7.25. The van der Waals surface area contributed by atoms with Crippen molar-refractivity contribution in [2.24, 2.45) is 0 Å². The Balaban J connectivity index is 1.62. The highest BCUT2D eigenvalue weighted by atomic mass is 127. The summed E-state index contributed by atoms with van der Waals surface area (Å²) in [5.41, 5.74) is 3.22. The van der Waals surface area contributed by atoms with Gasteiger partial charge in [-0.15, -0.1) is 0 Å². The zero-order valence-corrected chi connectivity index (χ0v) is 21.7. The Kier molecular flexibility index (Phi) is 8.98. The van der Waals surface area contributed by atoms with Crippen LogP contribution in [0.3, 0.4) is 0 Å². The summed E-state index contributed by atoms with van der Waals surface area (Å²) in [4.78, 5) is 38.2. The van der Waals surface area contributed by atoms with Crippen LogP contribution in [0, 0.1) is 10.5 Å². The number of rotatable bonds is 10. The van der Waals surface area contributed by atoms with Crippen molar-refractivity contribution in [3.63, 3.8) is 0 Å². The smallest absolute Gasteiger partial charge is 0.255 e. The van der Waals surface area contributed by atoms with Gasteiger partial charge in [-0.05, 0) is 78.8 Å². The molecule has 0 heterocycles. The molecule has 2 atom stereocenters. The number of Topliss-reactive ketones (excluding diaryl/α,β-unsaturated/α-hetero) is 2. The van der Waals surface area contributed by atoms with Crippen molar-refractivity contribution in [1.82, 2.24) is 5.32 Å². The van der Waals surface area contributed by atoms with E-state index in [0.717, 1.165) is 20.3 Å². The van der Waals surface area contributed by atoms with E-state index in [-0.39, 0.29) is 30.0 Å². The molecule has 3 rings (SSSR count). The van der Waals surface area contributed by atoms with E-state index in [1.54, 1.807) is 38.1 Å². The number of aryl methyl sites for hydroxylation is 1. The molecule has 5 nitrogen and oxygen atoms in total. The Bertz CT molecular complexity index is 1160. The number of carbonyl (C=O) groups is 3. The quantitative estimate of drug-likeness (QED) is 0.345. The van der Waals surface area contributed by atoms with Crippen LogP contribution < -0.4 is 10.1 Å². The number of halogens is 1. The summed E-state index contributed by atoms with van der Waals surface area (Å²) in [5.74, 6) is -0.283. The van der Waals surface area contributed by atoms with Crippen LogP contribution in [0.25, 0.3) is 0 Å². The Hall–Kier alpha value is -3.00. The molecule has 0 aromatic heterocycles. The summed E-state index contributed by atoms with van der Waals surface area (Å²) in [6.45, 7) is 5.34. The fourth-order valence-electron chi connectivity index (χ4n) is 3.38. The monoisotopic (exact) mass is 569 g/mol. The van der Waals surface area contributed by atoms with E-state index >= 15 is 0 Å². The maximum atomic E-state index is 12.9. The van der Waals surface area contributed by atoms with Gasteiger partial charge in [-0.3, -0.25) is 14.4 Å². The third-order valence-corrected chi connectivity index (χ3v) is 6.23. The molecule has 0 aliphatic carbocycles. The van der Waals surface area contributed by atoms with Crippen LogP contribution in [0.5, 0.6) is 5.75 Å². The average Bonchev–Trinajstić information content (AvgIpc) is 2.82. The summed E-state index contributed by atoms with van der Waals surface area (Å²) in [7, 11) is 0. The van der Waals surface area contributed by atoms with Crippen molar-refractivity contribution in [3.8, 4) is 5.75 Å². The predicted molar refractivity (Wildman–Crippen MR) is 141 cm³/mol. The molecule has 0 saturated carbocycles. The van der Waals surface area contributed by atoms with Gasteiger partial charge >= 0.3 is 0 Å². The Morgan fingerprint density at radius 3 is 2.03 bits per heavy atom. The fourth-order valence-corrected chi connectivity index (χ4v) is 3.74. The molecule has 1 amide bonds. The summed E-state index contributed by atoms with van der Waals surface area (Å²) < 4.78 is 6.98. The van der Waals surface area contributed by atoms with Gasteiger partial charge < -0.3 is 10.1 Å². The van der Waals surface area contributed by atoms with Crippen LogP contribution in [-0.2, 0) is 22.4 Å². The zero-order chi connectivity index (χ0) is 24.7. The molecule has 0 spiro atoms. The lowest BCUT2D eigenvalue weighted by atomic mass is 10.0. The Labute approximate surface area is 214 Å². The van der Waals surface area contributed by atoms with Gasteiger partial charge in [0.25, 0.3) is 5.91 Å². The molecular weight excluding hydrogens is 541 g/mol. The molecule has 0 bridgehead atoms. The van der Waals surface area contributed by atoms with Crippen molar-refractivity contribution >= 4 is 40.1 Å². The Morgan fingerprint density at radius 2 is 1.38 bits per heavy atom. The lowest BCUT2D eigenvalue weighted by Gasteiger charge is -2.18. The lowest BCUT2D eigenvalue weighted by Crippen LogP contribution is -2.39. The average molecular weight is 569 g/mol. The number of nitrogens with one attached hydrogen (secondary N) is 1. The van der Waals surface area contributed by atoms with Gasteiger partial charge in [0.2, 0.25) is 0 Å². The number of ketones is 2. The summed E-state index contributed by atoms with van der Waals surface area (Å²) in [6.07, 6.45) is -0.241. The largest absolute Gasteiger partial charge is 0.482 e. The molecule has 0 radical (unpaired) electrons. The second-order valence-electron chi connectivity index (χ2n) is 8.35. The molecule has 3 aromatic carbocycles. The van der Waals surface area contributed by atoms with Crippen LogP contribution in [0.4, 0.5) is 0 Å². The van der Waals surface area contributed by atoms with E-state index in [1.165, 1.54) is 0 Å². The van der Waals surface area contributed by atoms with Crippen molar-refractivity contribution in [3.05, 3.63) is 98.6 Å². The minimum atomic E-state index is -0.728. The normalized spacial score (nSPS) is 12.5. The summed E-state index contributed by atoms with van der Waals surface area (Å²) >= 11 is 2.22. The molecule has 1 N–H and O–H groups in total. The van der Waals surface area contributed by atoms with Gasteiger partial charge in [0.05, 0.1) is 11.6 Å². The van der Waals surface area contributed by atoms with Gasteiger partial charge in [0.15, 0.2) is 17.7 Å². The minimum Gasteiger partial charge on any atom is -0.482 e.